The molecule has 1 saturated carbocycles. The number of hydrogen-bond donors (Lipinski definition) is 2. The summed E-state index contributed by atoms with van der Waals surface area (Å²) in [4.78, 5) is 23.4. The Hall–Kier alpha value is -1.49. The molecule has 2 rings (SSSR count). The second-order valence-electron chi connectivity index (χ2n) is 6.16. The van der Waals surface area contributed by atoms with Crippen molar-refractivity contribution in [2.45, 2.75) is 44.4 Å². The monoisotopic (exact) mass is 335 g/mol. The Morgan fingerprint density at radius 1 is 1.22 bits per heavy atom. The van der Waals surface area contributed by atoms with Crippen LogP contribution >= 0.6 is 11.8 Å². The fourth-order valence-electron chi connectivity index (χ4n) is 3.45. The molecule has 1 aromatic rings. The standard InChI is InChI=1S/C18H25NO3S/c1-14-7-3-4-8-15(14)18(9-5-2-6-10-18)17(22)19-11-12-23-13-16(20)21/h3-4,7-8H,2,5-6,9-13H2,1H3,(H,19,22)(H,20,21). The maximum absolute atomic E-state index is 12.9. The number of carbonyl (C=O) groups is 2. The van der Waals surface area contributed by atoms with Gasteiger partial charge in [0.2, 0.25) is 5.91 Å². The second kappa shape index (κ2) is 8.39. The number of aliphatic carboxylic acids is 1. The summed E-state index contributed by atoms with van der Waals surface area (Å²) in [6, 6.07) is 8.17. The van der Waals surface area contributed by atoms with Gasteiger partial charge < -0.3 is 10.4 Å². The number of hydrogen-bond acceptors (Lipinski definition) is 3. The van der Waals surface area contributed by atoms with E-state index in [1.54, 1.807) is 0 Å². The van der Waals surface area contributed by atoms with Crippen molar-refractivity contribution < 1.29 is 14.7 Å². The van der Waals surface area contributed by atoms with Crippen LogP contribution in [0.15, 0.2) is 24.3 Å². The summed E-state index contributed by atoms with van der Waals surface area (Å²) in [7, 11) is 0. The Labute approximate surface area is 142 Å². The number of amides is 1. The van der Waals surface area contributed by atoms with E-state index in [0.717, 1.165) is 31.2 Å². The minimum atomic E-state index is -0.815. The summed E-state index contributed by atoms with van der Waals surface area (Å²) in [5.41, 5.74) is 1.90. The highest BCUT2D eigenvalue weighted by Crippen LogP contribution is 2.41. The average Bonchev–Trinajstić information content (AvgIpc) is 2.55. The third-order valence-corrected chi connectivity index (χ3v) is 5.50. The summed E-state index contributed by atoms with van der Waals surface area (Å²) >= 11 is 1.33. The number of aryl methyl sites for hydroxylation is 1. The van der Waals surface area contributed by atoms with Crippen LogP contribution in [0.2, 0.25) is 0 Å². The van der Waals surface area contributed by atoms with E-state index in [9.17, 15) is 9.59 Å². The first-order valence-corrected chi connectivity index (χ1v) is 9.36. The maximum Gasteiger partial charge on any atom is 0.313 e. The van der Waals surface area contributed by atoms with Crippen LogP contribution in [0.4, 0.5) is 0 Å². The molecule has 4 nitrogen and oxygen atoms in total. The van der Waals surface area contributed by atoms with Gasteiger partial charge in [0.25, 0.3) is 0 Å². The molecule has 23 heavy (non-hydrogen) atoms. The zero-order chi connectivity index (χ0) is 16.7. The minimum absolute atomic E-state index is 0.0821. The van der Waals surface area contributed by atoms with Crippen LogP contribution in [-0.4, -0.2) is 35.0 Å². The molecule has 0 atom stereocenters. The molecule has 1 aromatic carbocycles. The van der Waals surface area contributed by atoms with Crippen molar-refractivity contribution in [3.63, 3.8) is 0 Å². The Balaban J connectivity index is 2.05. The molecular formula is C18H25NO3S. The topological polar surface area (TPSA) is 66.4 Å². The SMILES string of the molecule is Cc1ccccc1C1(C(=O)NCCSCC(=O)O)CCCCC1. The Kier molecular flexibility index (Phi) is 6.51. The summed E-state index contributed by atoms with van der Waals surface area (Å²) in [6.45, 7) is 2.59. The van der Waals surface area contributed by atoms with Crippen LogP contribution in [0, 0.1) is 6.92 Å². The van der Waals surface area contributed by atoms with Gasteiger partial charge >= 0.3 is 5.97 Å². The van der Waals surface area contributed by atoms with Gasteiger partial charge in [-0.25, -0.2) is 0 Å². The number of carboxylic acids is 1. The summed E-state index contributed by atoms with van der Waals surface area (Å²) in [5.74, 6) is -0.00633. The van der Waals surface area contributed by atoms with Gasteiger partial charge in [0.15, 0.2) is 0 Å². The van der Waals surface area contributed by atoms with Gasteiger partial charge in [-0.1, -0.05) is 43.5 Å². The van der Waals surface area contributed by atoms with Crippen LogP contribution in [-0.2, 0) is 15.0 Å². The molecule has 0 aromatic heterocycles. The third kappa shape index (κ3) is 4.50. The largest absolute Gasteiger partial charge is 0.481 e. The number of nitrogens with one attached hydrogen (secondary N) is 1. The van der Waals surface area contributed by atoms with Crippen molar-refractivity contribution in [3.05, 3.63) is 35.4 Å². The zero-order valence-electron chi connectivity index (χ0n) is 13.6. The number of benzene rings is 1. The summed E-state index contributed by atoms with van der Waals surface area (Å²) in [5, 5.41) is 11.7. The van der Waals surface area contributed by atoms with E-state index in [2.05, 4.69) is 24.4 Å². The second-order valence-corrected chi connectivity index (χ2v) is 7.27. The molecule has 0 unspecified atom stereocenters. The third-order valence-electron chi connectivity index (χ3n) is 4.56. The van der Waals surface area contributed by atoms with Gasteiger partial charge in [-0.3, -0.25) is 9.59 Å². The first-order chi connectivity index (χ1) is 11.1. The van der Waals surface area contributed by atoms with Crippen molar-refractivity contribution in [2.24, 2.45) is 0 Å². The number of rotatable bonds is 7. The smallest absolute Gasteiger partial charge is 0.313 e. The highest BCUT2D eigenvalue weighted by Gasteiger charge is 2.41. The highest BCUT2D eigenvalue weighted by atomic mass is 32.2. The fraction of sp³-hybridized carbons (Fsp3) is 0.556. The molecular weight excluding hydrogens is 310 g/mol. The molecule has 0 bridgehead atoms. The number of carboxylic acid groups (broad SMARTS) is 1. The van der Waals surface area contributed by atoms with E-state index in [1.807, 2.05) is 12.1 Å². The van der Waals surface area contributed by atoms with Crippen molar-refractivity contribution in [2.75, 3.05) is 18.1 Å². The van der Waals surface area contributed by atoms with E-state index in [-0.39, 0.29) is 11.7 Å². The Morgan fingerprint density at radius 3 is 2.57 bits per heavy atom. The van der Waals surface area contributed by atoms with E-state index < -0.39 is 11.4 Å². The molecule has 0 spiro atoms. The molecule has 1 amide bonds. The quantitative estimate of drug-likeness (QED) is 0.751. The zero-order valence-corrected chi connectivity index (χ0v) is 14.5. The number of carbonyl (C=O) groups excluding carboxylic acids is 1. The average molecular weight is 335 g/mol. The Morgan fingerprint density at radius 2 is 1.91 bits per heavy atom. The van der Waals surface area contributed by atoms with Crippen LogP contribution in [0.1, 0.15) is 43.2 Å². The van der Waals surface area contributed by atoms with Crippen molar-refractivity contribution in [1.82, 2.24) is 5.32 Å². The van der Waals surface area contributed by atoms with E-state index in [0.29, 0.717) is 12.3 Å². The van der Waals surface area contributed by atoms with Crippen LogP contribution in [0.5, 0.6) is 0 Å². The van der Waals surface area contributed by atoms with Crippen molar-refractivity contribution >= 4 is 23.6 Å². The normalized spacial score (nSPS) is 16.7. The Bertz CT molecular complexity index is 553. The fourth-order valence-corrected chi connectivity index (χ4v) is 4.01. The predicted molar refractivity (Wildman–Crippen MR) is 93.9 cm³/mol. The van der Waals surface area contributed by atoms with E-state index >= 15 is 0 Å². The molecule has 0 heterocycles. The van der Waals surface area contributed by atoms with Crippen molar-refractivity contribution in [1.29, 1.82) is 0 Å². The lowest BCUT2D eigenvalue weighted by Crippen LogP contribution is -2.46. The van der Waals surface area contributed by atoms with Gasteiger partial charge in [0, 0.05) is 12.3 Å². The number of thioether (sulfide) groups is 1. The first kappa shape index (κ1) is 17.9. The minimum Gasteiger partial charge on any atom is -0.481 e. The van der Waals surface area contributed by atoms with Crippen molar-refractivity contribution in [3.8, 4) is 0 Å². The van der Waals surface area contributed by atoms with Gasteiger partial charge in [-0.2, -0.15) is 0 Å². The van der Waals surface area contributed by atoms with Crippen LogP contribution in [0.3, 0.4) is 0 Å². The molecule has 1 aliphatic carbocycles. The molecule has 2 N–H and O–H groups in total. The molecule has 0 saturated heterocycles. The molecule has 0 radical (unpaired) electrons. The van der Waals surface area contributed by atoms with Gasteiger partial charge in [-0.05, 0) is 30.9 Å². The van der Waals surface area contributed by atoms with Crippen LogP contribution < -0.4 is 5.32 Å². The lowest BCUT2D eigenvalue weighted by atomic mass is 9.67. The van der Waals surface area contributed by atoms with E-state index in [1.165, 1.54) is 23.7 Å². The molecule has 126 valence electrons. The van der Waals surface area contributed by atoms with Crippen LogP contribution in [0.25, 0.3) is 0 Å². The highest BCUT2D eigenvalue weighted by molar-refractivity contribution is 7.99. The summed E-state index contributed by atoms with van der Waals surface area (Å²) in [6.07, 6.45) is 5.14. The lowest BCUT2D eigenvalue weighted by molar-refractivity contribution is -0.134. The first-order valence-electron chi connectivity index (χ1n) is 8.20. The van der Waals surface area contributed by atoms with Gasteiger partial charge in [0.05, 0.1) is 11.2 Å². The molecule has 0 aliphatic heterocycles. The molecule has 1 aliphatic rings. The van der Waals surface area contributed by atoms with E-state index in [4.69, 9.17) is 5.11 Å². The molecule has 1 fully saturated rings. The maximum atomic E-state index is 12.9. The predicted octanol–water partition coefficient (Wildman–Crippen LogP) is 3.13. The summed E-state index contributed by atoms with van der Waals surface area (Å²) < 4.78 is 0. The molecule has 5 heteroatoms. The van der Waals surface area contributed by atoms with Gasteiger partial charge in [0.1, 0.15) is 0 Å². The van der Waals surface area contributed by atoms with Gasteiger partial charge in [-0.15, -0.1) is 11.8 Å². The lowest BCUT2D eigenvalue weighted by Gasteiger charge is -2.37.